The van der Waals surface area contributed by atoms with Gasteiger partial charge in [0.05, 0.1) is 6.20 Å². The number of hydrogen-bond donors (Lipinski definition) is 2. The third-order valence-corrected chi connectivity index (χ3v) is 5.58. The molecule has 1 aromatic carbocycles. The molecule has 2 aliphatic rings. The number of nitrogens with zero attached hydrogens (tertiary/aromatic N) is 1. The molecule has 2 saturated carbocycles. The van der Waals surface area contributed by atoms with E-state index >= 15 is 0 Å². The summed E-state index contributed by atoms with van der Waals surface area (Å²) < 4.78 is 5.69. The van der Waals surface area contributed by atoms with Crippen LogP contribution in [0.15, 0.2) is 48.8 Å². The van der Waals surface area contributed by atoms with Gasteiger partial charge in [0, 0.05) is 30.3 Å². The summed E-state index contributed by atoms with van der Waals surface area (Å²) in [6.45, 7) is 0.157. The molecule has 5 nitrogen and oxygen atoms in total. The van der Waals surface area contributed by atoms with Crippen molar-refractivity contribution >= 4 is 5.91 Å². The molecule has 130 valence electrons. The molecule has 1 aromatic heterocycles. The average molecular weight is 338 g/mol. The highest BCUT2D eigenvalue weighted by atomic mass is 16.5. The van der Waals surface area contributed by atoms with Crippen molar-refractivity contribution in [3.05, 3.63) is 54.4 Å². The fourth-order valence-electron chi connectivity index (χ4n) is 4.35. The van der Waals surface area contributed by atoms with Gasteiger partial charge in [-0.15, -0.1) is 0 Å². The fraction of sp³-hybridized carbons (Fsp3) is 0.400. The molecule has 0 spiro atoms. The van der Waals surface area contributed by atoms with Gasteiger partial charge in [-0.1, -0.05) is 0 Å². The third kappa shape index (κ3) is 3.24. The van der Waals surface area contributed by atoms with Crippen LogP contribution in [0.5, 0.6) is 11.5 Å². The first-order valence-corrected chi connectivity index (χ1v) is 8.84. The Bertz CT molecular complexity index is 732. The van der Waals surface area contributed by atoms with E-state index < -0.39 is 0 Å². The Hall–Kier alpha value is -2.40. The van der Waals surface area contributed by atoms with Gasteiger partial charge >= 0.3 is 0 Å². The van der Waals surface area contributed by atoms with Crippen molar-refractivity contribution in [1.82, 2.24) is 10.3 Å². The van der Waals surface area contributed by atoms with E-state index in [2.05, 4.69) is 10.3 Å². The van der Waals surface area contributed by atoms with Gasteiger partial charge in [-0.05, 0) is 67.5 Å². The smallest absolute Gasteiger partial charge is 0.251 e. The van der Waals surface area contributed by atoms with Gasteiger partial charge in [0.2, 0.25) is 0 Å². The zero-order chi connectivity index (χ0) is 17.2. The van der Waals surface area contributed by atoms with Crippen molar-refractivity contribution in [1.29, 1.82) is 0 Å². The molecular formula is C20H22N2O3. The van der Waals surface area contributed by atoms with E-state index in [-0.39, 0.29) is 24.5 Å². The minimum atomic E-state index is -0.0797. The van der Waals surface area contributed by atoms with Gasteiger partial charge in [0.25, 0.3) is 5.91 Å². The summed E-state index contributed by atoms with van der Waals surface area (Å²) in [5.74, 6) is 2.53. The number of aromatic nitrogens is 1. The van der Waals surface area contributed by atoms with Crippen LogP contribution >= 0.6 is 0 Å². The minimum Gasteiger partial charge on any atom is -0.456 e. The van der Waals surface area contributed by atoms with Crippen LogP contribution in [0.1, 0.15) is 29.6 Å². The summed E-state index contributed by atoms with van der Waals surface area (Å²) >= 11 is 0. The molecule has 1 amide bonds. The third-order valence-electron chi connectivity index (χ3n) is 5.58. The fourth-order valence-corrected chi connectivity index (χ4v) is 4.35. The maximum atomic E-state index is 12.6. The van der Waals surface area contributed by atoms with Gasteiger partial charge in [-0.25, -0.2) is 0 Å². The van der Waals surface area contributed by atoms with Crippen LogP contribution in [0, 0.1) is 17.8 Å². The van der Waals surface area contributed by atoms with Gasteiger partial charge < -0.3 is 15.2 Å². The van der Waals surface area contributed by atoms with Crippen molar-refractivity contribution in [2.75, 3.05) is 6.61 Å². The Morgan fingerprint density at radius 2 is 1.96 bits per heavy atom. The summed E-state index contributed by atoms with van der Waals surface area (Å²) in [7, 11) is 0. The SMILES string of the molecule is O=C(NC1C2CCC(C2)C1CO)c1ccc(Oc2cccnc2)cc1. The molecule has 0 radical (unpaired) electrons. The predicted octanol–water partition coefficient (Wildman–Crippen LogP) is 3.01. The number of hydrogen-bond acceptors (Lipinski definition) is 4. The number of nitrogens with one attached hydrogen (secondary N) is 1. The normalized spacial score (nSPS) is 27.2. The van der Waals surface area contributed by atoms with Crippen LogP contribution in [0.2, 0.25) is 0 Å². The molecule has 4 rings (SSSR count). The Morgan fingerprint density at radius 1 is 1.16 bits per heavy atom. The number of fused-ring (bicyclic) bond motifs is 2. The zero-order valence-corrected chi connectivity index (χ0v) is 14.0. The topological polar surface area (TPSA) is 71.5 Å². The van der Waals surface area contributed by atoms with Crippen LogP contribution in [0.3, 0.4) is 0 Å². The molecule has 0 aliphatic heterocycles. The van der Waals surface area contributed by atoms with Crippen molar-refractivity contribution in [2.45, 2.75) is 25.3 Å². The quantitative estimate of drug-likeness (QED) is 0.879. The average Bonchev–Trinajstić information content (AvgIpc) is 3.24. The first kappa shape index (κ1) is 16.1. The molecule has 2 aromatic rings. The minimum absolute atomic E-state index is 0.0797. The molecule has 25 heavy (non-hydrogen) atoms. The van der Waals surface area contributed by atoms with Gasteiger partial charge in [0.15, 0.2) is 0 Å². The van der Waals surface area contributed by atoms with E-state index in [0.717, 1.165) is 12.8 Å². The number of rotatable bonds is 5. The number of aliphatic hydroxyl groups excluding tert-OH is 1. The van der Waals surface area contributed by atoms with Crippen LogP contribution in [-0.4, -0.2) is 28.6 Å². The summed E-state index contributed by atoms with van der Waals surface area (Å²) in [4.78, 5) is 16.6. The number of amides is 1. The molecule has 2 aliphatic carbocycles. The number of benzene rings is 1. The van der Waals surface area contributed by atoms with Crippen LogP contribution < -0.4 is 10.1 Å². The number of ether oxygens (including phenoxy) is 1. The molecule has 1 heterocycles. The summed E-state index contributed by atoms with van der Waals surface area (Å²) in [6, 6.07) is 10.8. The maximum absolute atomic E-state index is 12.6. The van der Waals surface area contributed by atoms with Crippen molar-refractivity contribution < 1.29 is 14.6 Å². The molecule has 4 unspecified atom stereocenters. The highest BCUT2D eigenvalue weighted by Crippen LogP contribution is 2.48. The Balaban J connectivity index is 1.41. The van der Waals surface area contributed by atoms with Gasteiger partial charge in [-0.3, -0.25) is 9.78 Å². The lowest BCUT2D eigenvalue weighted by Gasteiger charge is -2.30. The lowest BCUT2D eigenvalue weighted by atomic mass is 9.85. The second kappa shape index (κ2) is 6.84. The van der Waals surface area contributed by atoms with E-state index in [9.17, 15) is 9.90 Å². The molecule has 0 saturated heterocycles. The molecule has 5 heteroatoms. The van der Waals surface area contributed by atoms with Crippen LogP contribution in [0.25, 0.3) is 0 Å². The second-order valence-electron chi connectivity index (χ2n) is 6.99. The van der Waals surface area contributed by atoms with Crippen LogP contribution in [0.4, 0.5) is 0 Å². The van der Waals surface area contributed by atoms with Crippen LogP contribution in [-0.2, 0) is 0 Å². The first-order valence-electron chi connectivity index (χ1n) is 8.84. The lowest BCUT2D eigenvalue weighted by Crippen LogP contribution is -2.45. The van der Waals surface area contributed by atoms with E-state index in [1.165, 1.54) is 6.42 Å². The van der Waals surface area contributed by atoms with Crippen molar-refractivity contribution in [3.8, 4) is 11.5 Å². The van der Waals surface area contributed by atoms with Gasteiger partial charge in [0.1, 0.15) is 11.5 Å². The monoisotopic (exact) mass is 338 g/mol. The Kier molecular flexibility index (Phi) is 4.40. The van der Waals surface area contributed by atoms with Crippen molar-refractivity contribution in [3.63, 3.8) is 0 Å². The summed E-state index contributed by atoms with van der Waals surface area (Å²) in [5.41, 5.74) is 0.609. The zero-order valence-electron chi connectivity index (χ0n) is 14.0. The molecule has 2 bridgehead atoms. The highest BCUT2D eigenvalue weighted by molar-refractivity contribution is 5.94. The summed E-state index contributed by atoms with van der Waals surface area (Å²) in [5, 5.41) is 12.8. The standard InChI is InChI=1S/C20H22N2O3/c23-12-18-14-3-4-15(10-14)19(18)22-20(24)13-5-7-16(8-6-13)25-17-2-1-9-21-11-17/h1-2,5-9,11,14-15,18-19,23H,3-4,10,12H2,(H,22,24). The van der Waals surface area contributed by atoms with E-state index in [0.29, 0.717) is 28.9 Å². The van der Waals surface area contributed by atoms with E-state index in [1.54, 1.807) is 36.7 Å². The number of carbonyl (C=O) groups excluding carboxylic acids is 1. The van der Waals surface area contributed by atoms with E-state index in [1.807, 2.05) is 12.1 Å². The molecule has 2 fully saturated rings. The molecule has 2 N–H and O–H groups in total. The van der Waals surface area contributed by atoms with E-state index in [4.69, 9.17) is 4.74 Å². The predicted molar refractivity (Wildman–Crippen MR) is 93.4 cm³/mol. The number of carbonyl (C=O) groups is 1. The maximum Gasteiger partial charge on any atom is 0.251 e. The number of pyridine rings is 1. The second-order valence-corrected chi connectivity index (χ2v) is 6.99. The first-order chi connectivity index (χ1) is 12.2. The summed E-state index contributed by atoms with van der Waals surface area (Å²) in [6.07, 6.45) is 6.81. The number of aliphatic hydroxyl groups is 1. The highest BCUT2D eigenvalue weighted by Gasteiger charge is 2.47. The van der Waals surface area contributed by atoms with Gasteiger partial charge in [-0.2, -0.15) is 0 Å². The Labute approximate surface area is 147 Å². The largest absolute Gasteiger partial charge is 0.456 e. The molecule has 4 atom stereocenters. The molecular weight excluding hydrogens is 316 g/mol. The lowest BCUT2D eigenvalue weighted by molar-refractivity contribution is 0.0861. The van der Waals surface area contributed by atoms with Crippen molar-refractivity contribution in [2.24, 2.45) is 17.8 Å². The Morgan fingerprint density at radius 3 is 2.68 bits per heavy atom.